The molecule has 2 rings (SSSR count). The average Bonchev–Trinajstić information content (AvgIpc) is 2.51. The van der Waals surface area contributed by atoms with E-state index in [-0.39, 0.29) is 17.6 Å². The van der Waals surface area contributed by atoms with Crippen molar-refractivity contribution in [3.05, 3.63) is 35.1 Å². The van der Waals surface area contributed by atoms with Gasteiger partial charge in [-0.05, 0) is 49.9 Å². The van der Waals surface area contributed by atoms with Crippen molar-refractivity contribution in [2.45, 2.75) is 39.3 Å². The van der Waals surface area contributed by atoms with Crippen LogP contribution in [0.2, 0.25) is 0 Å². The molecule has 1 aliphatic heterocycles. The Labute approximate surface area is 133 Å². The highest BCUT2D eigenvalue weighted by molar-refractivity contribution is 7.89. The first-order valence-electron chi connectivity index (χ1n) is 7.76. The second-order valence-electron chi connectivity index (χ2n) is 5.99. The van der Waals surface area contributed by atoms with E-state index in [1.54, 1.807) is 26.1 Å². The molecule has 0 radical (unpaired) electrons. The van der Waals surface area contributed by atoms with Gasteiger partial charge in [0.25, 0.3) is 0 Å². The van der Waals surface area contributed by atoms with Gasteiger partial charge < -0.3 is 0 Å². The van der Waals surface area contributed by atoms with Crippen LogP contribution in [0.25, 0.3) is 0 Å². The number of sulfonamides is 1. The first-order valence-corrected chi connectivity index (χ1v) is 9.37. The maximum atomic E-state index is 13.3. The topological polar surface area (TPSA) is 40.6 Å². The van der Waals surface area contributed by atoms with E-state index in [2.05, 4.69) is 4.90 Å². The van der Waals surface area contributed by atoms with Gasteiger partial charge in [-0.25, -0.2) is 17.1 Å². The third-order valence-electron chi connectivity index (χ3n) is 4.58. The van der Waals surface area contributed by atoms with Crippen LogP contribution in [0.1, 0.15) is 30.9 Å². The van der Waals surface area contributed by atoms with E-state index in [4.69, 9.17) is 0 Å². The van der Waals surface area contributed by atoms with Gasteiger partial charge in [0, 0.05) is 32.7 Å². The summed E-state index contributed by atoms with van der Waals surface area (Å²) in [5, 5.41) is 0. The van der Waals surface area contributed by atoms with Crippen LogP contribution in [-0.4, -0.2) is 49.6 Å². The lowest BCUT2D eigenvalue weighted by Crippen LogP contribution is -2.45. The fourth-order valence-electron chi connectivity index (χ4n) is 2.92. The number of rotatable bonds is 5. The van der Waals surface area contributed by atoms with Crippen LogP contribution in [0.3, 0.4) is 0 Å². The minimum absolute atomic E-state index is 0.0785. The minimum Gasteiger partial charge on any atom is -0.299 e. The second kappa shape index (κ2) is 7.06. The summed E-state index contributed by atoms with van der Waals surface area (Å²) < 4.78 is 38.7. The van der Waals surface area contributed by atoms with Gasteiger partial charge in [0.1, 0.15) is 5.82 Å². The highest BCUT2D eigenvalue weighted by Gasteiger charge is 2.28. The monoisotopic (exact) mass is 328 g/mol. The Morgan fingerprint density at radius 1 is 1.32 bits per heavy atom. The number of aryl methyl sites for hydroxylation is 1. The third-order valence-corrected chi connectivity index (χ3v) is 6.49. The molecular weight excluding hydrogens is 303 g/mol. The molecule has 22 heavy (non-hydrogen) atoms. The van der Waals surface area contributed by atoms with Crippen LogP contribution in [-0.2, 0) is 16.6 Å². The summed E-state index contributed by atoms with van der Waals surface area (Å²) >= 11 is 0. The first-order chi connectivity index (χ1) is 10.3. The van der Waals surface area contributed by atoms with Crippen LogP contribution in [0.4, 0.5) is 4.39 Å². The molecule has 0 aromatic heterocycles. The fraction of sp³-hybridized carbons (Fsp3) is 0.625. The van der Waals surface area contributed by atoms with Crippen molar-refractivity contribution in [2.24, 2.45) is 0 Å². The maximum Gasteiger partial charge on any atom is 0.213 e. The smallest absolute Gasteiger partial charge is 0.213 e. The molecule has 0 spiro atoms. The van der Waals surface area contributed by atoms with Crippen LogP contribution in [0, 0.1) is 12.7 Å². The van der Waals surface area contributed by atoms with E-state index < -0.39 is 10.0 Å². The van der Waals surface area contributed by atoms with Crippen molar-refractivity contribution >= 4 is 10.0 Å². The molecule has 0 unspecified atom stereocenters. The highest BCUT2D eigenvalue weighted by atomic mass is 32.2. The van der Waals surface area contributed by atoms with E-state index >= 15 is 0 Å². The van der Waals surface area contributed by atoms with Crippen molar-refractivity contribution in [1.82, 2.24) is 9.21 Å². The summed E-state index contributed by atoms with van der Waals surface area (Å²) in [6, 6.07) is 4.96. The number of likely N-dealkylation sites (tertiary alicyclic amines) is 1. The third kappa shape index (κ3) is 4.06. The lowest BCUT2D eigenvalue weighted by molar-refractivity contribution is 0.163. The SMILES string of the molecule is CCS(=O)(=O)N(C)C1CCN(Cc2cc(F)ccc2C)CC1. The predicted molar refractivity (Wildman–Crippen MR) is 86.7 cm³/mol. The normalized spacial score (nSPS) is 18.0. The number of hydrogen-bond donors (Lipinski definition) is 0. The summed E-state index contributed by atoms with van der Waals surface area (Å²) in [5.41, 5.74) is 2.10. The molecule has 0 atom stereocenters. The number of halogens is 1. The number of nitrogens with zero attached hydrogens (tertiary/aromatic N) is 2. The van der Waals surface area contributed by atoms with Gasteiger partial charge >= 0.3 is 0 Å². The van der Waals surface area contributed by atoms with Crippen LogP contribution < -0.4 is 0 Å². The lowest BCUT2D eigenvalue weighted by atomic mass is 10.0. The van der Waals surface area contributed by atoms with Gasteiger partial charge in [-0.2, -0.15) is 0 Å². The van der Waals surface area contributed by atoms with Gasteiger partial charge in [-0.3, -0.25) is 4.90 Å². The van der Waals surface area contributed by atoms with Gasteiger partial charge in [-0.1, -0.05) is 6.07 Å². The second-order valence-corrected chi connectivity index (χ2v) is 8.31. The standard InChI is InChI=1S/C16H25FN2O2S/c1-4-22(20,21)18(3)16-7-9-19(10-8-16)12-14-11-15(17)6-5-13(14)2/h5-6,11,16H,4,7-10,12H2,1-3H3. The molecule has 4 nitrogen and oxygen atoms in total. The number of piperidine rings is 1. The molecule has 1 fully saturated rings. The summed E-state index contributed by atoms with van der Waals surface area (Å²) in [7, 11) is -1.44. The lowest BCUT2D eigenvalue weighted by Gasteiger charge is -2.36. The molecular formula is C16H25FN2O2S. The molecule has 0 amide bonds. The molecule has 0 N–H and O–H groups in total. The Kier molecular flexibility index (Phi) is 5.58. The van der Waals surface area contributed by atoms with Crippen LogP contribution in [0.15, 0.2) is 18.2 Å². The van der Waals surface area contributed by atoms with Gasteiger partial charge in [-0.15, -0.1) is 0 Å². The van der Waals surface area contributed by atoms with Crippen molar-refractivity contribution in [3.8, 4) is 0 Å². The largest absolute Gasteiger partial charge is 0.299 e. The Morgan fingerprint density at radius 3 is 2.55 bits per heavy atom. The zero-order valence-corrected chi connectivity index (χ0v) is 14.4. The first kappa shape index (κ1) is 17.4. The molecule has 1 aliphatic rings. The van der Waals surface area contributed by atoms with E-state index in [0.29, 0.717) is 0 Å². The molecule has 0 bridgehead atoms. The summed E-state index contributed by atoms with van der Waals surface area (Å²) in [6.07, 6.45) is 1.65. The number of hydrogen-bond acceptors (Lipinski definition) is 3. The quantitative estimate of drug-likeness (QED) is 0.833. The summed E-state index contributed by atoms with van der Waals surface area (Å²) in [4.78, 5) is 2.27. The van der Waals surface area contributed by atoms with Crippen molar-refractivity contribution in [1.29, 1.82) is 0 Å². The number of benzene rings is 1. The van der Waals surface area contributed by atoms with Gasteiger partial charge in [0.05, 0.1) is 5.75 Å². The Balaban J connectivity index is 1.94. The van der Waals surface area contributed by atoms with E-state index in [1.165, 1.54) is 10.4 Å². The molecule has 6 heteroatoms. The summed E-state index contributed by atoms with van der Waals surface area (Å²) in [6.45, 7) is 6.06. The van der Waals surface area contributed by atoms with Crippen molar-refractivity contribution in [3.63, 3.8) is 0 Å². The van der Waals surface area contributed by atoms with E-state index in [1.807, 2.05) is 6.92 Å². The maximum absolute atomic E-state index is 13.3. The molecule has 1 aromatic rings. The molecule has 1 aromatic carbocycles. The zero-order chi connectivity index (χ0) is 16.3. The zero-order valence-electron chi connectivity index (χ0n) is 13.5. The Bertz CT molecular complexity index is 611. The van der Waals surface area contributed by atoms with Crippen LogP contribution >= 0.6 is 0 Å². The van der Waals surface area contributed by atoms with Crippen molar-refractivity contribution in [2.75, 3.05) is 25.9 Å². The molecule has 0 aliphatic carbocycles. The predicted octanol–water partition coefficient (Wildman–Crippen LogP) is 2.38. The van der Waals surface area contributed by atoms with E-state index in [9.17, 15) is 12.8 Å². The molecule has 124 valence electrons. The Morgan fingerprint density at radius 2 is 1.95 bits per heavy atom. The Hall–Kier alpha value is -0.980. The van der Waals surface area contributed by atoms with Crippen LogP contribution in [0.5, 0.6) is 0 Å². The van der Waals surface area contributed by atoms with Gasteiger partial charge in [0.15, 0.2) is 0 Å². The fourth-order valence-corrected chi connectivity index (χ4v) is 4.00. The molecule has 1 heterocycles. The highest BCUT2D eigenvalue weighted by Crippen LogP contribution is 2.21. The van der Waals surface area contributed by atoms with Crippen molar-refractivity contribution < 1.29 is 12.8 Å². The summed E-state index contributed by atoms with van der Waals surface area (Å²) in [5.74, 6) is -0.0593. The van der Waals surface area contributed by atoms with Gasteiger partial charge in [0.2, 0.25) is 10.0 Å². The minimum atomic E-state index is -3.12. The van der Waals surface area contributed by atoms with E-state index in [0.717, 1.165) is 43.6 Å². The molecule has 1 saturated heterocycles. The average molecular weight is 328 g/mol. The molecule has 0 saturated carbocycles.